The molecule has 0 aliphatic carbocycles. The lowest BCUT2D eigenvalue weighted by molar-refractivity contribution is -0.277. The maximum absolute atomic E-state index is 13.5. The summed E-state index contributed by atoms with van der Waals surface area (Å²) in [5.74, 6) is -2.62. The summed E-state index contributed by atoms with van der Waals surface area (Å²) in [5, 5.41) is 16.9. The van der Waals surface area contributed by atoms with Gasteiger partial charge in [-0.2, -0.15) is 26.3 Å². The first-order valence-corrected chi connectivity index (χ1v) is 9.01. The summed E-state index contributed by atoms with van der Waals surface area (Å²) in [4.78, 5) is 3.71. The Hall–Kier alpha value is -2.57. The molecule has 0 radical (unpaired) electrons. The van der Waals surface area contributed by atoms with Crippen LogP contribution in [0.15, 0.2) is 10.5 Å². The summed E-state index contributed by atoms with van der Waals surface area (Å²) in [7, 11) is 0. The van der Waals surface area contributed by atoms with E-state index in [-0.39, 0.29) is 19.3 Å². The van der Waals surface area contributed by atoms with Gasteiger partial charge in [0.1, 0.15) is 5.56 Å². The maximum Gasteiger partial charge on any atom is 0.426 e. The summed E-state index contributed by atoms with van der Waals surface area (Å²) in [6.45, 7) is 1.51. The van der Waals surface area contributed by atoms with Crippen LogP contribution < -0.4 is 10.5 Å². The number of rotatable bonds is 0. The van der Waals surface area contributed by atoms with E-state index in [1.807, 2.05) is 0 Å². The van der Waals surface area contributed by atoms with Crippen LogP contribution in [0.4, 0.5) is 32.0 Å². The van der Waals surface area contributed by atoms with Crippen molar-refractivity contribution in [3.63, 3.8) is 0 Å². The fourth-order valence-corrected chi connectivity index (χ4v) is 3.07. The lowest BCUT2D eigenvalue weighted by Gasteiger charge is -2.27. The SMILES string of the molecule is C[C@@H]1CCCCCC(O)(C(F)(F)F)c2nnc(o2)-c2nc(c(C(F)(F)F)cc2N)O1. The molecule has 166 valence electrons. The number of hydrogen-bond acceptors (Lipinski definition) is 7. The molecule has 0 fully saturated rings. The molecule has 30 heavy (non-hydrogen) atoms. The zero-order valence-electron chi connectivity index (χ0n) is 15.6. The molecule has 1 aliphatic rings. The fourth-order valence-electron chi connectivity index (χ4n) is 3.07. The lowest BCUT2D eigenvalue weighted by atomic mass is 9.94. The van der Waals surface area contributed by atoms with E-state index in [9.17, 15) is 31.4 Å². The number of nitrogens with two attached hydrogens (primary N) is 1. The Kier molecular flexibility index (Phi) is 5.60. The molecular weight excluding hydrogens is 422 g/mol. The Morgan fingerprint density at radius 1 is 1.13 bits per heavy atom. The van der Waals surface area contributed by atoms with Gasteiger partial charge in [0.25, 0.3) is 11.8 Å². The molecule has 0 saturated heterocycles. The Labute approximate surface area is 166 Å². The maximum atomic E-state index is 13.5. The van der Waals surface area contributed by atoms with E-state index in [0.29, 0.717) is 12.5 Å². The second-order valence-electron chi connectivity index (χ2n) is 7.07. The van der Waals surface area contributed by atoms with Gasteiger partial charge in [-0.3, -0.25) is 0 Å². The highest BCUT2D eigenvalue weighted by Gasteiger charge is 2.58. The van der Waals surface area contributed by atoms with Gasteiger partial charge in [0.15, 0.2) is 5.69 Å². The number of nitrogen functional groups attached to an aromatic ring is 1. The van der Waals surface area contributed by atoms with Gasteiger partial charge in [-0.25, -0.2) is 4.98 Å². The molecule has 4 bridgehead atoms. The van der Waals surface area contributed by atoms with Crippen LogP contribution in [0.3, 0.4) is 0 Å². The lowest BCUT2D eigenvalue weighted by Crippen LogP contribution is -2.42. The number of ether oxygens (including phenoxy) is 1. The zero-order chi connectivity index (χ0) is 22.3. The molecule has 1 aliphatic heterocycles. The van der Waals surface area contributed by atoms with E-state index < -0.39 is 65.1 Å². The zero-order valence-corrected chi connectivity index (χ0v) is 15.6. The number of nitrogens with zero attached hydrogens (tertiary/aromatic N) is 3. The Morgan fingerprint density at radius 3 is 2.47 bits per heavy atom. The van der Waals surface area contributed by atoms with Crippen molar-refractivity contribution in [2.45, 2.75) is 63.1 Å². The van der Waals surface area contributed by atoms with Gasteiger partial charge in [0.2, 0.25) is 11.5 Å². The average Bonchev–Trinajstić information content (AvgIpc) is 3.10. The van der Waals surface area contributed by atoms with Gasteiger partial charge in [0, 0.05) is 0 Å². The molecule has 0 amide bonds. The number of pyridine rings is 1. The van der Waals surface area contributed by atoms with Crippen LogP contribution in [-0.2, 0) is 11.8 Å². The van der Waals surface area contributed by atoms with Crippen LogP contribution in [0, 0.1) is 0 Å². The quantitative estimate of drug-likeness (QED) is 0.591. The number of halogens is 6. The molecule has 7 nitrogen and oxygen atoms in total. The minimum Gasteiger partial charge on any atom is -0.474 e. The first-order valence-electron chi connectivity index (χ1n) is 9.01. The van der Waals surface area contributed by atoms with Crippen molar-refractivity contribution in [1.82, 2.24) is 15.2 Å². The second kappa shape index (κ2) is 7.60. The van der Waals surface area contributed by atoms with Crippen molar-refractivity contribution in [1.29, 1.82) is 0 Å². The van der Waals surface area contributed by atoms with Gasteiger partial charge < -0.3 is 20.0 Å². The van der Waals surface area contributed by atoms with E-state index in [4.69, 9.17) is 14.9 Å². The summed E-state index contributed by atoms with van der Waals surface area (Å²) in [5.41, 5.74) is -0.0609. The minimum atomic E-state index is -5.12. The summed E-state index contributed by atoms with van der Waals surface area (Å²) >= 11 is 0. The largest absolute Gasteiger partial charge is 0.474 e. The first-order chi connectivity index (χ1) is 13.8. The number of fused-ring (bicyclic) bond motifs is 5. The monoisotopic (exact) mass is 440 g/mol. The van der Waals surface area contributed by atoms with Crippen molar-refractivity contribution in [2.24, 2.45) is 0 Å². The molecule has 3 N–H and O–H groups in total. The molecule has 2 aromatic rings. The van der Waals surface area contributed by atoms with Gasteiger partial charge >= 0.3 is 12.4 Å². The van der Waals surface area contributed by atoms with E-state index in [2.05, 4.69) is 15.2 Å². The number of aromatic nitrogens is 3. The van der Waals surface area contributed by atoms with E-state index in [1.165, 1.54) is 6.92 Å². The topological polar surface area (TPSA) is 107 Å². The first kappa shape index (κ1) is 22.1. The highest BCUT2D eigenvalue weighted by molar-refractivity contribution is 5.68. The molecular formula is C17H18F6N4O3. The summed E-state index contributed by atoms with van der Waals surface area (Å²) in [6, 6.07) is 0.538. The smallest absolute Gasteiger partial charge is 0.426 e. The van der Waals surface area contributed by atoms with E-state index >= 15 is 0 Å². The number of anilines is 1. The Morgan fingerprint density at radius 2 is 1.83 bits per heavy atom. The normalized spacial score (nSPS) is 23.5. The van der Waals surface area contributed by atoms with E-state index in [0.717, 1.165) is 0 Å². The summed E-state index contributed by atoms with van der Waals surface area (Å²) in [6.07, 6.45) is -10.5. The van der Waals surface area contributed by atoms with Crippen LogP contribution in [0.5, 0.6) is 5.88 Å². The second-order valence-corrected chi connectivity index (χ2v) is 7.07. The van der Waals surface area contributed by atoms with Gasteiger partial charge in [-0.05, 0) is 38.7 Å². The molecule has 3 heterocycles. The van der Waals surface area contributed by atoms with Crippen LogP contribution in [-0.4, -0.2) is 32.6 Å². The van der Waals surface area contributed by atoms with Crippen molar-refractivity contribution < 1.29 is 40.6 Å². The number of aliphatic hydroxyl groups is 1. The highest BCUT2D eigenvalue weighted by atomic mass is 19.4. The average molecular weight is 440 g/mol. The van der Waals surface area contributed by atoms with Gasteiger partial charge in [0.05, 0.1) is 11.8 Å². The van der Waals surface area contributed by atoms with Gasteiger partial charge in [-0.1, -0.05) is 6.42 Å². The minimum absolute atomic E-state index is 0.0417. The molecule has 2 aromatic heterocycles. The molecule has 0 aromatic carbocycles. The predicted octanol–water partition coefficient (Wildman–Crippen LogP) is 4.21. The molecule has 1 unspecified atom stereocenters. The van der Waals surface area contributed by atoms with Crippen molar-refractivity contribution >= 4 is 5.69 Å². The van der Waals surface area contributed by atoms with Gasteiger partial charge in [-0.15, -0.1) is 10.2 Å². The van der Waals surface area contributed by atoms with Crippen molar-refractivity contribution in [2.75, 3.05) is 5.73 Å². The van der Waals surface area contributed by atoms with E-state index in [1.54, 1.807) is 0 Å². The predicted molar refractivity (Wildman–Crippen MR) is 90.1 cm³/mol. The van der Waals surface area contributed by atoms with Crippen LogP contribution in [0.25, 0.3) is 11.6 Å². The van der Waals surface area contributed by atoms with Crippen molar-refractivity contribution in [3.8, 4) is 17.5 Å². The number of hydrogen-bond donors (Lipinski definition) is 2. The Bertz CT molecular complexity index is 914. The highest BCUT2D eigenvalue weighted by Crippen LogP contribution is 2.44. The molecule has 13 heteroatoms. The molecule has 0 saturated carbocycles. The Balaban J connectivity index is 2.17. The van der Waals surface area contributed by atoms with Crippen LogP contribution in [0.2, 0.25) is 0 Å². The molecule has 2 atom stereocenters. The summed E-state index contributed by atoms with van der Waals surface area (Å²) < 4.78 is 91.1. The van der Waals surface area contributed by atoms with Crippen LogP contribution >= 0.6 is 0 Å². The fraction of sp³-hybridized carbons (Fsp3) is 0.588. The third-order valence-electron chi connectivity index (χ3n) is 4.73. The molecule has 3 rings (SSSR count). The van der Waals surface area contributed by atoms with Crippen molar-refractivity contribution in [3.05, 3.63) is 17.5 Å². The number of alkyl halides is 6. The molecule has 0 spiro atoms. The third kappa shape index (κ3) is 4.16. The van der Waals surface area contributed by atoms with Crippen LogP contribution in [0.1, 0.15) is 50.5 Å². The third-order valence-corrected chi connectivity index (χ3v) is 4.73. The standard InChI is InChI=1S/C17H18F6N4O3/c1-8-5-3-2-4-6-15(28,17(21,22)23)14-27-26-13(30-14)11-10(24)7-9(16(18,19)20)12(25-11)29-8/h7-8,28H,2-6,24H2,1H3/t8-,15?/m1/s1.